The fourth-order valence-corrected chi connectivity index (χ4v) is 0.970. The predicted octanol–water partition coefficient (Wildman–Crippen LogP) is -0.766. The van der Waals surface area contributed by atoms with Crippen LogP contribution in [0.5, 0.6) is 0 Å². The van der Waals surface area contributed by atoms with Crippen molar-refractivity contribution in [2.24, 2.45) is 5.73 Å². The van der Waals surface area contributed by atoms with E-state index in [-0.39, 0.29) is 25.3 Å². The second-order valence-electron chi connectivity index (χ2n) is 2.69. The second kappa shape index (κ2) is 4.74. The summed E-state index contributed by atoms with van der Waals surface area (Å²) in [5, 5.41) is 1.32. The molecule has 0 aromatic rings. The summed E-state index contributed by atoms with van der Waals surface area (Å²) in [6.07, 6.45) is 3.31. The molecule has 5 nitrogen and oxygen atoms in total. The summed E-state index contributed by atoms with van der Waals surface area (Å²) in [5.41, 5.74) is 5.16. The van der Waals surface area contributed by atoms with Gasteiger partial charge in [-0.1, -0.05) is 6.08 Å². The number of hydroxylamine groups is 2. The molecule has 1 aliphatic heterocycles. The molecule has 0 atom stereocenters. The third-order valence-corrected chi connectivity index (χ3v) is 1.52. The molecule has 5 heteroatoms. The van der Waals surface area contributed by atoms with Crippen LogP contribution in [-0.4, -0.2) is 36.5 Å². The number of ketones is 1. The molecule has 0 saturated heterocycles. The largest absolute Gasteiger partial charge is 0.367 e. The minimum Gasteiger partial charge on any atom is -0.367 e. The van der Waals surface area contributed by atoms with Crippen molar-refractivity contribution in [2.75, 3.05) is 19.6 Å². The van der Waals surface area contributed by atoms with Crippen LogP contribution in [0.4, 0.5) is 0 Å². The molecule has 0 fully saturated rings. The van der Waals surface area contributed by atoms with E-state index in [4.69, 9.17) is 10.6 Å². The van der Waals surface area contributed by atoms with Crippen molar-refractivity contribution in [1.82, 2.24) is 5.06 Å². The molecule has 1 rings (SSSR count). The molecule has 0 aromatic carbocycles. The van der Waals surface area contributed by atoms with E-state index in [1.807, 2.05) is 0 Å². The van der Waals surface area contributed by atoms with Crippen LogP contribution < -0.4 is 5.73 Å². The lowest BCUT2D eigenvalue weighted by molar-refractivity contribution is -0.188. The zero-order valence-electron chi connectivity index (χ0n) is 7.23. The van der Waals surface area contributed by atoms with E-state index in [0.29, 0.717) is 6.54 Å². The first-order valence-corrected chi connectivity index (χ1v) is 4.07. The number of hydrogen-bond donors (Lipinski definition) is 1. The Morgan fingerprint density at radius 1 is 1.69 bits per heavy atom. The molecule has 13 heavy (non-hydrogen) atoms. The summed E-state index contributed by atoms with van der Waals surface area (Å²) < 4.78 is 0. The second-order valence-corrected chi connectivity index (χ2v) is 2.69. The van der Waals surface area contributed by atoms with Gasteiger partial charge in [0.05, 0.1) is 19.5 Å². The number of nitrogens with two attached hydrogens (primary N) is 1. The first-order chi connectivity index (χ1) is 6.22. The summed E-state index contributed by atoms with van der Waals surface area (Å²) >= 11 is 0. The van der Waals surface area contributed by atoms with Gasteiger partial charge in [0.2, 0.25) is 0 Å². The van der Waals surface area contributed by atoms with Crippen LogP contribution >= 0.6 is 0 Å². The molecule has 0 unspecified atom stereocenters. The Morgan fingerprint density at radius 2 is 2.46 bits per heavy atom. The van der Waals surface area contributed by atoms with Crippen molar-refractivity contribution in [1.29, 1.82) is 0 Å². The van der Waals surface area contributed by atoms with Crippen LogP contribution in [0.1, 0.15) is 6.42 Å². The Bertz CT molecular complexity index is 238. The maximum Gasteiger partial charge on any atom is 0.326 e. The first-order valence-electron chi connectivity index (χ1n) is 4.07. The van der Waals surface area contributed by atoms with E-state index in [2.05, 4.69) is 0 Å². The van der Waals surface area contributed by atoms with Crippen molar-refractivity contribution in [3.05, 3.63) is 12.2 Å². The van der Waals surface area contributed by atoms with Gasteiger partial charge in [-0.15, -0.1) is 5.06 Å². The van der Waals surface area contributed by atoms with Crippen molar-refractivity contribution in [3.8, 4) is 0 Å². The average Bonchev–Trinajstić information content (AvgIpc) is 2.04. The zero-order valence-corrected chi connectivity index (χ0v) is 7.23. The summed E-state index contributed by atoms with van der Waals surface area (Å²) in [6.45, 7) is 0.853. The monoisotopic (exact) mass is 184 g/mol. The molecule has 0 aromatic heterocycles. The summed E-state index contributed by atoms with van der Waals surface area (Å²) in [6, 6.07) is 0. The van der Waals surface area contributed by atoms with Crippen LogP contribution in [0.3, 0.4) is 0 Å². The van der Waals surface area contributed by atoms with Crippen LogP contribution in [0.2, 0.25) is 0 Å². The lowest BCUT2D eigenvalue weighted by Gasteiger charge is -2.20. The van der Waals surface area contributed by atoms with Crippen molar-refractivity contribution in [2.45, 2.75) is 6.42 Å². The van der Waals surface area contributed by atoms with Crippen LogP contribution in [0, 0.1) is 0 Å². The lowest BCUT2D eigenvalue weighted by Crippen LogP contribution is -2.35. The van der Waals surface area contributed by atoms with Gasteiger partial charge >= 0.3 is 5.97 Å². The fraction of sp³-hybridized carbons (Fsp3) is 0.500. The van der Waals surface area contributed by atoms with Crippen LogP contribution in [0.25, 0.3) is 0 Å². The van der Waals surface area contributed by atoms with E-state index >= 15 is 0 Å². The van der Waals surface area contributed by atoms with Crippen molar-refractivity contribution >= 4 is 11.8 Å². The van der Waals surface area contributed by atoms with Gasteiger partial charge in [0.25, 0.3) is 0 Å². The first kappa shape index (κ1) is 9.88. The average molecular weight is 184 g/mol. The molecular formula is C8H12N2O3. The maximum atomic E-state index is 10.9. The molecule has 72 valence electrons. The molecule has 0 bridgehead atoms. The van der Waals surface area contributed by atoms with Crippen molar-refractivity contribution < 1.29 is 14.4 Å². The van der Waals surface area contributed by atoms with Crippen LogP contribution in [-0.2, 0) is 14.4 Å². The van der Waals surface area contributed by atoms with E-state index < -0.39 is 5.97 Å². The quantitative estimate of drug-likeness (QED) is 0.623. The van der Waals surface area contributed by atoms with Crippen LogP contribution in [0.15, 0.2) is 12.2 Å². The summed E-state index contributed by atoms with van der Waals surface area (Å²) in [4.78, 5) is 26.7. The van der Waals surface area contributed by atoms with Gasteiger partial charge in [0.1, 0.15) is 0 Å². The fourth-order valence-electron chi connectivity index (χ4n) is 0.970. The van der Waals surface area contributed by atoms with Crippen molar-refractivity contribution in [3.63, 3.8) is 0 Å². The van der Waals surface area contributed by atoms with Gasteiger partial charge in [-0.2, -0.15) is 0 Å². The van der Waals surface area contributed by atoms with Gasteiger partial charge in [-0.05, 0) is 6.08 Å². The Hall–Kier alpha value is -1.20. The van der Waals surface area contributed by atoms with Gasteiger partial charge < -0.3 is 10.6 Å². The van der Waals surface area contributed by atoms with Gasteiger partial charge in [0.15, 0.2) is 5.78 Å². The lowest BCUT2D eigenvalue weighted by atomic mass is 10.3. The molecule has 1 heterocycles. The highest BCUT2D eigenvalue weighted by Crippen LogP contribution is 2.00. The molecular weight excluding hydrogens is 172 g/mol. The van der Waals surface area contributed by atoms with Gasteiger partial charge in [0, 0.05) is 6.54 Å². The summed E-state index contributed by atoms with van der Waals surface area (Å²) in [7, 11) is 0. The molecule has 0 saturated carbocycles. The number of rotatable bonds is 3. The smallest absolute Gasteiger partial charge is 0.326 e. The Kier molecular flexibility index (Phi) is 3.60. The third-order valence-electron chi connectivity index (χ3n) is 1.52. The molecule has 1 aliphatic rings. The Morgan fingerprint density at radius 3 is 3.08 bits per heavy atom. The SMILES string of the molecule is NCCC(=O)ON1CC=CC(=O)C1. The molecule has 0 spiro atoms. The Labute approximate surface area is 76.1 Å². The summed E-state index contributed by atoms with van der Waals surface area (Å²) in [5.74, 6) is -0.461. The predicted molar refractivity (Wildman–Crippen MR) is 45.5 cm³/mol. The number of nitrogens with zero attached hydrogens (tertiary/aromatic N) is 1. The van der Waals surface area contributed by atoms with Gasteiger partial charge in [-0.25, -0.2) is 0 Å². The van der Waals surface area contributed by atoms with E-state index in [1.54, 1.807) is 6.08 Å². The molecule has 0 radical (unpaired) electrons. The van der Waals surface area contributed by atoms with E-state index in [0.717, 1.165) is 0 Å². The van der Waals surface area contributed by atoms with Gasteiger partial charge in [-0.3, -0.25) is 9.59 Å². The number of hydrogen-bond acceptors (Lipinski definition) is 5. The molecule has 0 aliphatic carbocycles. The highest BCUT2D eigenvalue weighted by Gasteiger charge is 2.15. The molecule has 0 amide bonds. The Balaban J connectivity index is 2.33. The standard InChI is InChI=1S/C8H12N2O3/c9-4-3-8(12)13-10-5-1-2-7(11)6-10/h1-2H,3-6,9H2. The number of carbonyl (C=O) groups is 2. The number of carbonyl (C=O) groups excluding carboxylic acids is 2. The highest BCUT2D eigenvalue weighted by atomic mass is 16.7. The minimum absolute atomic E-state index is 0.0631. The maximum absolute atomic E-state index is 10.9. The minimum atomic E-state index is -0.398. The molecule has 2 N–H and O–H groups in total. The topological polar surface area (TPSA) is 72.6 Å². The third kappa shape index (κ3) is 3.35. The normalized spacial score (nSPS) is 17.5. The van der Waals surface area contributed by atoms with E-state index in [1.165, 1.54) is 11.1 Å². The highest BCUT2D eigenvalue weighted by molar-refractivity contribution is 5.92. The van der Waals surface area contributed by atoms with E-state index in [9.17, 15) is 9.59 Å². The zero-order chi connectivity index (χ0) is 9.68.